The highest BCUT2D eigenvalue weighted by Crippen LogP contribution is 2.28. The van der Waals surface area contributed by atoms with Gasteiger partial charge in [-0.25, -0.2) is 0 Å². The lowest BCUT2D eigenvalue weighted by atomic mass is 10.0. The quantitative estimate of drug-likeness (QED) is 0.645. The van der Waals surface area contributed by atoms with Crippen LogP contribution in [0.3, 0.4) is 0 Å². The third-order valence-corrected chi connectivity index (χ3v) is 3.18. The van der Waals surface area contributed by atoms with Crippen molar-refractivity contribution in [2.24, 2.45) is 5.73 Å². The van der Waals surface area contributed by atoms with E-state index in [2.05, 4.69) is 19.9 Å². The molecule has 0 aliphatic rings. The average Bonchev–Trinajstić information content (AvgIpc) is 2.38. The zero-order valence-electron chi connectivity index (χ0n) is 12.1. The molecular formula is C17H20N2O. The lowest BCUT2D eigenvalue weighted by Gasteiger charge is -2.13. The van der Waals surface area contributed by atoms with Crippen molar-refractivity contribution in [3.8, 4) is 11.5 Å². The normalized spacial score (nSPS) is 10.6. The Morgan fingerprint density at radius 2 is 1.90 bits per heavy atom. The first kappa shape index (κ1) is 14.1. The Morgan fingerprint density at radius 1 is 1.15 bits per heavy atom. The van der Waals surface area contributed by atoms with Crippen LogP contribution >= 0.6 is 0 Å². The van der Waals surface area contributed by atoms with E-state index in [-0.39, 0.29) is 5.84 Å². The summed E-state index contributed by atoms with van der Waals surface area (Å²) in [6.07, 6.45) is 0. The highest BCUT2D eigenvalue weighted by Gasteiger charge is 2.09. The number of rotatable bonds is 4. The average molecular weight is 268 g/mol. The fourth-order valence-corrected chi connectivity index (χ4v) is 2.00. The van der Waals surface area contributed by atoms with Gasteiger partial charge in [0.05, 0.1) is 5.56 Å². The fourth-order valence-electron chi connectivity index (χ4n) is 2.00. The second kappa shape index (κ2) is 5.78. The summed E-state index contributed by atoms with van der Waals surface area (Å²) in [5.74, 6) is 1.85. The van der Waals surface area contributed by atoms with E-state index >= 15 is 0 Å². The lowest BCUT2D eigenvalue weighted by Crippen LogP contribution is -2.12. The molecule has 3 nitrogen and oxygen atoms in total. The van der Waals surface area contributed by atoms with E-state index in [9.17, 15) is 0 Å². The second-order valence-corrected chi connectivity index (χ2v) is 5.24. The number of ether oxygens (including phenoxy) is 1. The summed E-state index contributed by atoms with van der Waals surface area (Å²) in [6.45, 7) is 6.28. The monoisotopic (exact) mass is 268 g/mol. The topological polar surface area (TPSA) is 59.1 Å². The lowest BCUT2D eigenvalue weighted by molar-refractivity contribution is 0.480. The van der Waals surface area contributed by atoms with Gasteiger partial charge >= 0.3 is 0 Å². The van der Waals surface area contributed by atoms with E-state index in [1.165, 1.54) is 5.56 Å². The van der Waals surface area contributed by atoms with Crippen LogP contribution in [0, 0.1) is 12.3 Å². The van der Waals surface area contributed by atoms with Crippen LogP contribution in [0.25, 0.3) is 0 Å². The Morgan fingerprint density at radius 3 is 2.55 bits per heavy atom. The van der Waals surface area contributed by atoms with Crippen LogP contribution < -0.4 is 10.5 Å². The molecule has 0 radical (unpaired) electrons. The molecule has 0 atom stereocenters. The van der Waals surface area contributed by atoms with Gasteiger partial charge in [0.15, 0.2) is 0 Å². The molecule has 2 rings (SSSR count). The highest BCUT2D eigenvalue weighted by atomic mass is 16.5. The van der Waals surface area contributed by atoms with Crippen LogP contribution in [0.2, 0.25) is 0 Å². The Kier molecular flexibility index (Phi) is 4.08. The fraction of sp³-hybridized carbons (Fsp3) is 0.235. The molecule has 0 spiro atoms. The van der Waals surface area contributed by atoms with E-state index in [4.69, 9.17) is 15.9 Å². The minimum Gasteiger partial charge on any atom is -0.457 e. The smallest absolute Gasteiger partial charge is 0.138 e. The predicted octanol–water partition coefficient (Wildman–Crippen LogP) is 4.19. The van der Waals surface area contributed by atoms with E-state index in [0.29, 0.717) is 17.2 Å². The summed E-state index contributed by atoms with van der Waals surface area (Å²) in [4.78, 5) is 0. The first-order valence-corrected chi connectivity index (χ1v) is 6.70. The van der Waals surface area contributed by atoms with Crippen LogP contribution in [-0.4, -0.2) is 5.84 Å². The largest absolute Gasteiger partial charge is 0.457 e. The zero-order valence-corrected chi connectivity index (χ0v) is 12.1. The molecule has 3 heteroatoms. The first-order valence-electron chi connectivity index (χ1n) is 6.70. The number of nitrogens with one attached hydrogen (secondary N) is 1. The van der Waals surface area contributed by atoms with Gasteiger partial charge in [-0.15, -0.1) is 0 Å². The molecule has 104 valence electrons. The summed E-state index contributed by atoms with van der Waals surface area (Å²) in [6, 6.07) is 13.6. The zero-order chi connectivity index (χ0) is 14.7. The molecular weight excluding hydrogens is 248 g/mol. The van der Waals surface area contributed by atoms with Crippen LogP contribution in [0.1, 0.15) is 36.5 Å². The second-order valence-electron chi connectivity index (χ2n) is 5.24. The van der Waals surface area contributed by atoms with Gasteiger partial charge in [-0.05, 0) is 48.2 Å². The van der Waals surface area contributed by atoms with Crippen molar-refractivity contribution >= 4 is 5.84 Å². The van der Waals surface area contributed by atoms with Gasteiger partial charge in [0.1, 0.15) is 17.3 Å². The van der Waals surface area contributed by atoms with Gasteiger partial charge in [-0.1, -0.05) is 32.0 Å². The van der Waals surface area contributed by atoms with Crippen molar-refractivity contribution in [1.29, 1.82) is 5.41 Å². The number of hydrogen-bond acceptors (Lipinski definition) is 2. The van der Waals surface area contributed by atoms with E-state index in [0.717, 1.165) is 11.3 Å². The molecule has 0 amide bonds. The summed E-state index contributed by atoms with van der Waals surface area (Å²) >= 11 is 0. The number of nitrogens with two attached hydrogens (primary N) is 1. The molecule has 0 fully saturated rings. The number of aryl methyl sites for hydroxylation is 1. The van der Waals surface area contributed by atoms with Gasteiger partial charge in [0.25, 0.3) is 0 Å². The summed E-state index contributed by atoms with van der Waals surface area (Å²) < 4.78 is 5.92. The van der Waals surface area contributed by atoms with Crippen LogP contribution in [0.5, 0.6) is 11.5 Å². The first-order chi connectivity index (χ1) is 9.47. The molecule has 2 aromatic rings. The Labute approximate surface area is 119 Å². The van der Waals surface area contributed by atoms with Gasteiger partial charge in [0, 0.05) is 0 Å². The van der Waals surface area contributed by atoms with Crippen molar-refractivity contribution in [1.82, 2.24) is 0 Å². The van der Waals surface area contributed by atoms with Crippen molar-refractivity contribution in [2.45, 2.75) is 26.7 Å². The molecule has 0 bridgehead atoms. The van der Waals surface area contributed by atoms with Crippen molar-refractivity contribution in [2.75, 3.05) is 0 Å². The Balaban J connectivity index is 2.36. The molecule has 0 heterocycles. The molecule has 2 aromatic carbocycles. The molecule has 0 unspecified atom stereocenters. The minimum absolute atomic E-state index is 0.0139. The van der Waals surface area contributed by atoms with Crippen LogP contribution in [0.15, 0.2) is 42.5 Å². The maximum Gasteiger partial charge on any atom is 0.138 e. The van der Waals surface area contributed by atoms with E-state index in [1.807, 2.05) is 43.3 Å². The Hall–Kier alpha value is -2.29. The molecule has 0 saturated heterocycles. The van der Waals surface area contributed by atoms with Crippen LogP contribution in [0.4, 0.5) is 0 Å². The number of hydrogen-bond donors (Lipinski definition) is 2. The molecule has 3 N–H and O–H groups in total. The Bertz CT molecular complexity index is 633. The third kappa shape index (κ3) is 3.18. The molecule has 0 aromatic heterocycles. The van der Waals surface area contributed by atoms with Gasteiger partial charge in [-0.2, -0.15) is 0 Å². The predicted molar refractivity (Wildman–Crippen MR) is 82.8 cm³/mol. The number of benzene rings is 2. The minimum atomic E-state index is 0.0139. The SMILES string of the molecule is Cc1ccc(C(=N)N)c(Oc2cccc(C(C)C)c2)c1. The standard InChI is InChI=1S/C17H20N2O/c1-11(2)13-5-4-6-14(10-13)20-16-9-12(3)7-8-15(16)17(18)19/h4-11H,1-3H3,(H3,18,19). The maximum atomic E-state index is 7.62. The molecule has 0 saturated carbocycles. The van der Waals surface area contributed by atoms with Gasteiger partial charge < -0.3 is 10.5 Å². The highest BCUT2D eigenvalue weighted by molar-refractivity contribution is 5.97. The summed E-state index contributed by atoms with van der Waals surface area (Å²) in [5.41, 5.74) is 8.51. The number of nitrogen functional groups attached to an aromatic ring is 1. The summed E-state index contributed by atoms with van der Waals surface area (Å²) in [5, 5.41) is 7.62. The van der Waals surface area contributed by atoms with Crippen molar-refractivity contribution in [3.63, 3.8) is 0 Å². The third-order valence-electron chi connectivity index (χ3n) is 3.18. The van der Waals surface area contributed by atoms with Gasteiger partial charge in [0.2, 0.25) is 0 Å². The summed E-state index contributed by atoms with van der Waals surface area (Å²) in [7, 11) is 0. The number of amidine groups is 1. The molecule has 20 heavy (non-hydrogen) atoms. The van der Waals surface area contributed by atoms with Crippen molar-refractivity contribution in [3.05, 3.63) is 59.2 Å². The van der Waals surface area contributed by atoms with Crippen LogP contribution in [-0.2, 0) is 0 Å². The van der Waals surface area contributed by atoms with Crippen molar-refractivity contribution < 1.29 is 4.74 Å². The van der Waals surface area contributed by atoms with E-state index < -0.39 is 0 Å². The van der Waals surface area contributed by atoms with Gasteiger partial charge in [-0.3, -0.25) is 5.41 Å². The molecule has 0 aliphatic carbocycles. The molecule has 0 aliphatic heterocycles. The van der Waals surface area contributed by atoms with E-state index in [1.54, 1.807) is 0 Å². The maximum absolute atomic E-state index is 7.62.